The minimum absolute atomic E-state index is 0.111. The normalized spacial score (nSPS) is 10.6. The van der Waals surface area contributed by atoms with E-state index in [0.717, 1.165) is 0 Å². The lowest BCUT2D eigenvalue weighted by atomic mass is 10.1. The number of hydrogen-bond donors (Lipinski definition) is 0. The highest BCUT2D eigenvalue weighted by Crippen LogP contribution is 2.28. The topological polar surface area (TPSA) is 63.2 Å². The molecular formula is C16H11NO3. The molecule has 0 unspecified atom stereocenters. The fraction of sp³-hybridized carbons (Fsp3) is 0.125. The van der Waals surface area contributed by atoms with Crippen molar-refractivity contribution in [3.8, 4) is 11.8 Å². The Hall–Kier alpha value is -2.80. The molecule has 4 nitrogen and oxygen atoms in total. The third-order valence-electron chi connectivity index (χ3n) is 3.26. The summed E-state index contributed by atoms with van der Waals surface area (Å²) in [5.41, 5.74) is 1.46. The molecule has 4 heteroatoms. The lowest BCUT2D eigenvalue weighted by Gasteiger charge is -2.07. The second kappa shape index (κ2) is 4.71. The average molecular weight is 265 g/mol. The summed E-state index contributed by atoms with van der Waals surface area (Å²) in [7, 11) is 1.53. The van der Waals surface area contributed by atoms with Crippen LogP contribution >= 0.6 is 0 Å². The smallest absolute Gasteiger partial charge is 0.200 e. The van der Waals surface area contributed by atoms with Gasteiger partial charge in [0.15, 0.2) is 11.3 Å². The molecule has 20 heavy (non-hydrogen) atoms. The Labute approximate surface area is 114 Å². The van der Waals surface area contributed by atoms with Crippen LogP contribution in [0.2, 0.25) is 0 Å². The van der Waals surface area contributed by atoms with Crippen molar-refractivity contribution < 1.29 is 9.15 Å². The minimum Gasteiger partial charge on any atom is -0.493 e. The highest BCUT2D eigenvalue weighted by Gasteiger charge is 2.13. The van der Waals surface area contributed by atoms with Crippen LogP contribution in [-0.4, -0.2) is 7.11 Å². The first-order valence-electron chi connectivity index (χ1n) is 6.14. The second-order valence-corrected chi connectivity index (χ2v) is 4.40. The summed E-state index contributed by atoms with van der Waals surface area (Å²) in [6, 6.07) is 12.5. The first-order chi connectivity index (χ1) is 9.76. The molecule has 0 aliphatic rings. The Bertz CT molecular complexity index is 903. The van der Waals surface area contributed by atoms with Gasteiger partial charge in [-0.1, -0.05) is 18.2 Å². The second-order valence-electron chi connectivity index (χ2n) is 4.40. The van der Waals surface area contributed by atoms with Crippen molar-refractivity contribution in [3.05, 3.63) is 52.2 Å². The molecule has 0 spiro atoms. The van der Waals surface area contributed by atoms with E-state index >= 15 is 0 Å². The van der Waals surface area contributed by atoms with E-state index in [1.54, 1.807) is 36.4 Å². The number of rotatable bonds is 2. The Morgan fingerprint density at radius 2 is 1.85 bits per heavy atom. The lowest BCUT2D eigenvalue weighted by Crippen LogP contribution is -2.04. The fourth-order valence-electron chi connectivity index (χ4n) is 2.32. The molecule has 2 aromatic carbocycles. The molecule has 0 aliphatic carbocycles. The van der Waals surface area contributed by atoms with E-state index in [0.29, 0.717) is 33.3 Å². The van der Waals surface area contributed by atoms with Crippen molar-refractivity contribution in [2.75, 3.05) is 7.11 Å². The monoisotopic (exact) mass is 265 g/mol. The number of nitrogens with zero attached hydrogens (tertiary/aromatic N) is 1. The molecule has 1 heterocycles. The van der Waals surface area contributed by atoms with Crippen LogP contribution < -0.4 is 10.2 Å². The Morgan fingerprint density at radius 3 is 2.55 bits per heavy atom. The van der Waals surface area contributed by atoms with E-state index in [4.69, 9.17) is 14.4 Å². The predicted molar refractivity (Wildman–Crippen MR) is 75.9 cm³/mol. The highest BCUT2D eigenvalue weighted by molar-refractivity contribution is 5.93. The van der Waals surface area contributed by atoms with Crippen LogP contribution in [0, 0.1) is 11.3 Å². The van der Waals surface area contributed by atoms with Gasteiger partial charge in [-0.25, -0.2) is 0 Å². The van der Waals surface area contributed by atoms with Gasteiger partial charge in [-0.2, -0.15) is 5.26 Å². The van der Waals surface area contributed by atoms with Gasteiger partial charge in [-0.15, -0.1) is 0 Å². The maximum absolute atomic E-state index is 12.5. The molecule has 0 fully saturated rings. The number of para-hydroxylation sites is 2. The molecular weight excluding hydrogens is 254 g/mol. The van der Waals surface area contributed by atoms with Crippen molar-refractivity contribution >= 4 is 21.9 Å². The summed E-state index contributed by atoms with van der Waals surface area (Å²) >= 11 is 0. The lowest BCUT2D eigenvalue weighted by molar-refractivity contribution is 0.411. The Kier molecular flexibility index (Phi) is 2.88. The molecule has 0 N–H and O–H groups in total. The first kappa shape index (κ1) is 12.2. The summed E-state index contributed by atoms with van der Waals surface area (Å²) in [6.45, 7) is 0. The number of methoxy groups -OCH3 is 1. The highest BCUT2D eigenvalue weighted by atomic mass is 16.5. The van der Waals surface area contributed by atoms with Gasteiger partial charge >= 0.3 is 0 Å². The summed E-state index contributed by atoms with van der Waals surface area (Å²) in [4.78, 5) is 12.5. The summed E-state index contributed by atoms with van der Waals surface area (Å²) < 4.78 is 11.1. The number of fused-ring (bicyclic) bond motifs is 2. The maximum atomic E-state index is 12.5. The quantitative estimate of drug-likeness (QED) is 0.668. The third-order valence-corrected chi connectivity index (χ3v) is 3.26. The van der Waals surface area contributed by atoms with Gasteiger partial charge < -0.3 is 9.15 Å². The van der Waals surface area contributed by atoms with E-state index in [9.17, 15) is 4.79 Å². The SMILES string of the molecule is COc1cccc2c(=O)c3cccc(CC#N)c3oc12. The molecule has 0 saturated heterocycles. The first-order valence-corrected chi connectivity index (χ1v) is 6.14. The fourth-order valence-corrected chi connectivity index (χ4v) is 2.32. The average Bonchev–Trinajstić information content (AvgIpc) is 2.48. The molecule has 0 atom stereocenters. The van der Waals surface area contributed by atoms with Crippen LogP contribution in [0.5, 0.6) is 5.75 Å². The zero-order valence-corrected chi connectivity index (χ0v) is 10.8. The molecule has 1 aromatic heterocycles. The minimum atomic E-state index is -0.111. The van der Waals surface area contributed by atoms with E-state index in [2.05, 4.69) is 6.07 Å². The largest absolute Gasteiger partial charge is 0.493 e. The third kappa shape index (κ3) is 1.72. The van der Waals surface area contributed by atoms with Crippen LogP contribution in [0.3, 0.4) is 0 Å². The molecule has 0 radical (unpaired) electrons. The Morgan fingerprint density at radius 1 is 1.15 bits per heavy atom. The van der Waals surface area contributed by atoms with Gasteiger partial charge in [0.2, 0.25) is 5.43 Å². The van der Waals surface area contributed by atoms with Crippen molar-refractivity contribution in [3.63, 3.8) is 0 Å². The van der Waals surface area contributed by atoms with Crippen LogP contribution in [-0.2, 0) is 6.42 Å². The molecule has 0 aliphatic heterocycles. The number of ether oxygens (including phenoxy) is 1. The molecule has 3 aromatic rings. The molecule has 0 bridgehead atoms. The van der Waals surface area contributed by atoms with Crippen molar-refractivity contribution in [1.82, 2.24) is 0 Å². The Balaban J connectivity index is 2.52. The molecule has 98 valence electrons. The van der Waals surface area contributed by atoms with Crippen LogP contribution in [0.4, 0.5) is 0 Å². The van der Waals surface area contributed by atoms with Crippen molar-refractivity contribution in [1.29, 1.82) is 5.26 Å². The zero-order chi connectivity index (χ0) is 14.1. The summed E-state index contributed by atoms with van der Waals surface area (Å²) in [5.74, 6) is 0.508. The number of nitriles is 1. The summed E-state index contributed by atoms with van der Waals surface area (Å²) in [5, 5.41) is 9.83. The van der Waals surface area contributed by atoms with Gasteiger partial charge in [0, 0.05) is 5.56 Å². The molecule has 3 rings (SSSR count). The number of benzene rings is 2. The maximum Gasteiger partial charge on any atom is 0.200 e. The predicted octanol–water partition coefficient (Wildman–Crippen LogP) is 3.02. The van der Waals surface area contributed by atoms with E-state index in [1.165, 1.54) is 7.11 Å². The zero-order valence-electron chi connectivity index (χ0n) is 10.8. The van der Waals surface area contributed by atoms with Crippen LogP contribution in [0.15, 0.2) is 45.6 Å². The van der Waals surface area contributed by atoms with E-state index in [-0.39, 0.29) is 11.8 Å². The van der Waals surface area contributed by atoms with E-state index < -0.39 is 0 Å². The van der Waals surface area contributed by atoms with Gasteiger partial charge in [-0.05, 0) is 18.2 Å². The van der Waals surface area contributed by atoms with Gasteiger partial charge in [0.05, 0.1) is 30.4 Å². The summed E-state index contributed by atoms with van der Waals surface area (Å²) in [6.07, 6.45) is 0.195. The standard InChI is InChI=1S/C16H11NO3/c1-19-13-7-3-6-12-14(18)11-5-2-4-10(8-9-17)15(11)20-16(12)13/h2-7H,8H2,1H3. The van der Waals surface area contributed by atoms with Crippen LogP contribution in [0.1, 0.15) is 5.56 Å². The van der Waals surface area contributed by atoms with Crippen molar-refractivity contribution in [2.45, 2.75) is 6.42 Å². The van der Waals surface area contributed by atoms with Gasteiger partial charge in [0.1, 0.15) is 5.58 Å². The van der Waals surface area contributed by atoms with E-state index in [1.807, 2.05) is 0 Å². The van der Waals surface area contributed by atoms with Crippen LogP contribution in [0.25, 0.3) is 21.9 Å². The van der Waals surface area contributed by atoms with Gasteiger partial charge in [0.25, 0.3) is 0 Å². The molecule has 0 saturated carbocycles. The number of hydrogen-bond acceptors (Lipinski definition) is 4. The van der Waals surface area contributed by atoms with Crippen molar-refractivity contribution in [2.24, 2.45) is 0 Å². The molecule has 0 amide bonds. The van der Waals surface area contributed by atoms with Gasteiger partial charge in [-0.3, -0.25) is 4.79 Å².